The number of fused-ring (bicyclic) bond motifs is 2. The van der Waals surface area contributed by atoms with Crippen molar-refractivity contribution in [1.82, 2.24) is 9.80 Å². The highest BCUT2D eigenvalue weighted by Gasteiger charge is 2.32. The molecular formula is C10H20N2O. The van der Waals surface area contributed by atoms with E-state index in [1.165, 1.54) is 26.1 Å². The summed E-state index contributed by atoms with van der Waals surface area (Å²) in [5, 5.41) is 9.58. The van der Waals surface area contributed by atoms with Crippen molar-refractivity contribution >= 4 is 0 Å². The molecule has 3 heteroatoms. The fraction of sp³-hybridized carbons (Fsp3) is 1.00. The van der Waals surface area contributed by atoms with Gasteiger partial charge in [-0.2, -0.15) is 0 Å². The molecule has 2 bridgehead atoms. The summed E-state index contributed by atoms with van der Waals surface area (Å²) in [5.41, 5.74) is 0. The Bertz CT molecular complexity index is 174. The fourth-order valence-corrected chi connectivity index (χ4v) is 2.41. The van der Waals surface area contributed by atoms with Crippen LogP contribution in [0.5, 0.6) is 0 Å². The number of aliphatic hydroxyl groups is 1. The fourth-order valence-electron chi connectivity index (χ4n) is 2.41. The van der Waals surface area contributed by atoms with Crippen LogP contribution in [0.25, 0.3) is 0 Å². The van der Waals surface area contributed by atoms with Crippen molar-refractivity contribution in [3.05, 3.63) is 0 Å². The molecule has 1 N–H and O–H groups in total. The van der Waals surface area contributed by atoms with Crippen molar-refractivity contribution in [2.24, 2.45) is 0 Å². The third kappa shape index (κ3) is 2.03. The molecule has 76 valence electrons. The standard InChI is InChI=1S/C10H20N2O/c1-2-10(13)8-12-6-5-11-4-3-9(12)7-11/h9-10,13H,2-8H2,1H3/t9?,10-/m1/s1. The number of rotatable bonds is 3. The van der Waals surface area contributed by atoms with E-state index < -0.39 is 0 Å². The molecular weight excluding hydrogens is 164 g/mol. The first-order valence-corrected chi connectivity index (χ1v) is 5.44. The number of β-amino-alcohol motifs (C(OH)–C–C–N with tert-alkyl or cyclic N) is 1. The first-order valence-electron chi connectivity index (χ1n) is 5.44. The van der Waals surface area contributed by atoms with E-state index in [2.05, 4.69) is 16.7 Å². The number of hydrogen-bond donors (Lipinski definition) is 1. The summed E-state index contributed by atoms with van der Waals surface area (Å²) in [4.78, 5) is 5.00. The second-order valence-electron chi connectivity index (χ2n) is 4.30. The minimum atomic E-state index is -0.118. The van der Waals surface area contributed by atoms with Gasteiger partial charge in [0.1, 0.15) is 0 Å². The highest BCUT2D eigenvalue weighted by Crippen LogP contribution is 2.20. The average molecular weight is 184 g/mol. The van der Waals surface area contributed by atoms with Crippen molar-refractivity contribution < 1.29 is 5.11 Å². The van der Waals surface area contributed by atoms with Gasteiger partial charge in [-0.3, -0.25) is 4.90 Å². The van der Waals surface area contributed by atoms with Crippen LogP contribution in [0.15, 0.2) is 0 Å². The van der Waals surface area contributed by atoms with Crippen molar-refractivity contribution in [2.75, 3.05) is 32.7 Å². The van der Waals surface area contributed by atoms with Crippen LogP contribution in [0, 0.1) is 0 Å². The number of nitrogens with zero attached hydrogens (tertiary/aromatic N) is 2. The molecule has 2 rings (SSSR count). The van der Waals surface area contributed by atoms with Gasteiger partial charge in [-0.1, -0.05) is 6.92 Å². The molecule has 0 aliphatic carbocycles. The Morgan fingerprint density at radius 2 is 2.23 bits per heavy atom. The zero-order chi connectivity index (χ0) is 9.26. The van der Waals surface area contributed by atoms with E-state index in [4.69, 9.17) is 0 Å². The van der Waals surface area contributed by atoms with Crippen LogP contribution < -0.4 is 0 Å². The first-order chi connectivity index (χ1) is 6.29. The maximum absolute atomic E-state index is 9.58. The van der Waals surface area contributed by atoms with Gasteiger partial charge in [-0.05, 0) is 19.4 Å². The molecule has 0 radical (unpaired) electrons. The van der Waals surface area contributed by atoms with Gasteiger partial charge >= 0.3 is 0 Å². The van der Waals surface area contributed by atoms with Crippen molar-refractivity contribution in [3.63, 3.8) is 0 Å². The minimum absolute atomic E-state index is 0.118. The molecule has 0 saturated carbocycles. The molecule has 2 saturated heterocycles. The van der Waals surface area contributed by atoms with Crippen LogP contribution in [0.3, 0.4) is 0 Å². The van der Waals surface area contributed by atoms with E-state index in [1.54, 1.807) is 0 Å². The smallest absolute Gasteiger partial charge is 0.0664 e. The predicted octanol–water partition coefficient (Wildman–Crippen LogP) is 0.147. The molecule has 3 nitrogen and oxygen atoms in total. The summed E-state index contributed by atoms with van der Waals surface area (Å²) in [7, 11) is 0. The highest BCUT2D eigenvalue weighted by molar-refractivity contribution is 4.89. The third-order valence-corrected chi connectivity index (χ3v) is 3.38. The molecule has 0 aromatic carbocycles. The predicted molar refractivity (Wildman–Crippen MR) is 52.7 cm³/mol. The molecule has 2 heterocycles. The molecule has 3 atom stereocenters. The lowest BCUT2D eigenvalue weighted by Crippen LogP contribution is -2.49. The molecule has 2 fully saturated rings. The maximum atomic E-state index is 9.58. The van der Waals surface area contributed by atoms with Crippen LogP contribution in [0.4, 0.5) is 0 Å². The molecule has 2 aliphatic rings. The average Bonchev–Trinajstić information content (AvgIpc) is 2.54. The molecule has 0 spiro atoms. The van der Waals surface area contributed by atoms with Crippen LogP contribution in [0.1, 0.15) is 19.8 Å². The topological polar surface area (TPSA) is 26.7 Å². The number of aliphatic hydroxyl groups excluding tert-OH is 1. The SMILES string of the molecule is CC[C@@H](O)CN1CCN2CCC1C2. The van der Waals surface area contributed by atoms with Gasteiger partial charge in [0.05, 0.1) is 6.10 Å². The first kappa shape index (κ1) is 9.44. The molecule has 2 unspecified atom stereocenters. The van der Waals surface area contributed by atoms with Crippen LogP contribution >= 0.6 is 0 Å². The second-order valence-corrected chi connectivity index (χ2v) is 4.30. The minimum Gasteiger partial charge on any atom is -0.392 e. The Hall–Kier alpha value is -0.120. The lowest BCUT2D eigenvalue weighted by Gasteiger charge is -2.35. The Kier molecular flexibility index (Phi) is 2.86. The lowest BCUT2D eigenvalue weighted by molar-refractivity contribution is 0.0643. The van der Waals surface area contributed by atoms with Crippen LogP contribution in [-0.2, 0) is 0 Å². The highest BCUT2D eigenvalue weighted by atomic mass is 16.3. The Balaban J connectivity index is 1.85. The van der Waals surface area contributed by atoms with E-state index in [0.717, 1.165) is 25.6 Å². The summed E-state index contributed by atoms with van der Waals surface area (Å²) in [6.45, 7) is 7.79. The molecule has 0 aromatic heterocycles. The largest absolute Gasteiger partial charge is 0.392 e. The van der Waals surface area contributed by atoms with Gasteiger partial charge in [-0.15, -0.1) is 0 Å². The quantitative estimate of drug-likeness (QED) is 0.676. The normalized spacial score (nSPS) is 36.5. The lowest BCUT2D eigenvalue weighted by atomic mass is 10.1. The van der Waals surface area contributed by atoms with Crippen molar-refractivity contribution in [3.8, 4) is 0 Å². The monoisotopic (exact) mass is 184 g/mol. The van der Waals surface area contributed by atoms with E-state index in [-0.39, 0.29) is 6.10 Å². The van der Waals surface area contributed by atoms with Crippen LogP contribution in [0.2, 0.25) is 0 Å². The van der Waals surface area contributed by atoms with E-state index in [1.807, 2.05) is 0 Å². The van der Waals surface area contributed by atoms with Gasteiger partial charge in [-0.25, -0.2) is 0 Å². The Labute approximate surface area is 80.3 Å². The Morgan fingerprint density at radius 3 is 3.00 bits per heavy atom. The zero-order valence-corrected chi connectivity index (χ0v) is 8.45. The van der Waals surface area contributed by atoms with Crippen molar-refractivity contribution in [2.45, 2.75) is 31.9 Å². The maximum Gasteiger partial charge on any atom is 0.0664 e. The summed E-state index contributed by atoms with van der Waals surface area (Å²) in [6, 6.07) is 0.731. The van der Waals surface area contributed by atoms with Crippen LogP contribution in [-0.4, -0.2) is 59.8 Å². The van der Waals surface area contributed by atoms with Gasteiger partial charge in [0, 0.05) is 32.2 Å². The third-order valence-electron chi connectivity index (χ3n) is 3.38. The summed E-state index contributed by atoms with van der Waals surface area (Å²) < 4.78 is 0. The summed E-state index contributed by atoms with van der Waals surface area (Å²) >= 11 is 0. The molecule has 2 aliphatic heterocycles. The van der Waals surface area contributed by atoms with E-state index in [0.29, 0.717) is 0 Å². The van der Waals surface area contributed by atoms with Crippen molar-refractivity contribution in [1.29, 1.82) is 0 Å². The molecule has 13 heavy (non-hydrogen) atoms. The number of piperazine rings is 1. The van der Waals surface area contributed by atoms with Gasteiger partial charge in [0.2, 0.25) is 0 Å². The van der Waals surface area contributed by atoms with E-state index in [9.17, 15) is 5.11 Å². The number of hydrogen-bond acceptors (Lipinski definition) is 3. The Morgan fingerprint density at radius 1 is 1.38 bits per heavy atom. The summed E-state index contributed by atoms with van der Waals surface area (Å²) in [6.07, 6.45) is 2.07. The second kappa shape index (κ2) is 3.95. The zero-order valence-electron chi connectivity index (χ0n) is 8.45. The van der Waals surface area contributed by atoms with E-state index >= 15 is 0 Å². The molecule has 0 amide bonds. The van der Waals surface area contributed by atoms with Gasteiger partial charge in [0.15, 0.2) is 0 Å². The van der Waals surface area contributed by atoms with Gasteiger partial charge < -0.3 is 10.0 Å². The van der Waals surface area contributed by atoms with Gasteiger partial charge in [0.25, 0.3) is 0 Å². The molecule has 0 aromatic rings. The summed E-state index contributed by atoms with van der Waals surface area (Å²) in [5.74, 6) is 0.